The number of pyridine rings is 1. The molecule has 0 aliphatic rings. The molecule has 2 aromatic rings. The first-order chi connectivity index (χ1) is 7.65. The van der Waals surface area contributed by atoms with Gasteiger partial charge in [0.15, 0.2) is 0 Å². The Morgan fingerprint density at radius 3 is 2.88 bits per heavy atom. The van der Waals surface area contributed by atoms with Gasteiger partial charge in [0.1, 0.15) is 11.0 Å². The van der Waals surface area contributed by atoms with E-state index in [1.807, 2.05) is 0 Å². The van der Waals surface area contributed by atoms with Crippen molar-refractivity contribution in [2.75, 3.05) is 5.32 Å². The monoisotopic (exact) mass is 254 g/mol. The molecular formula is C9H7ClN4OS. The zero-order valence-electron chi connectivity index (χ0n) is 8.27. The van der Waals surface area contributed by atoms with E-state index in [4.69, 9.17) is 11.6 Å². The summed E-state index contributed by atoms with van der Waals surface area (Å²) >= 11 is 6.75. The lowest BCUT2D eigenvalue weighted by molar-refractivity contribution is 0.102. The van der Waals surface area contributed by atoms with Crippen molar-refractivity contribution in [2.45, 2.75) is 6.92 Å². The van der Waals surface area contributed by atoms with Gasteiger partial charge in [-0.05, 0) is 19.1 Å². The van der Waals surface area contributed by atoms with Crippen molar-refractivity contribution in [1.82, 2.24) is 14.3 Å². The summed E-state index contributed by atoms with van der Waals surface area (Å²) in [5.41, 5.74) is 0.428. The molecule has 1 amide bonds. The Hall–Kier alpha value is -1.53. The molecule has 0 atom stereocenters. The number of nitrogens with one attached hydrogen (secondary N) is 1. The molecular weight excluding hydrogens is 248 g/mol. The third-order valence-corrected chi connectivity index (χ3v) is 2.68. The maximum absolute atomic E-state index is 11.7. The number of carbonyl (C=O) groups is 1. The molecule has 0 radical (unpaired) electrons. The molecule has 82 valence electrons. The Kier molecular flexibility index (Phi) is 3.12. The maximum Gasteiger partial charge on any atom is 0.259 e. The molecule has 0 aliphatic heterocycles. The van der Waals surface area contributed by atoms with Crippen LogP contribution in [0.4, 0.5) is 5.13 Å². The number of amides is 1. The summed E-state index contributed by atoms with van der Waals surface area (Å²) in [7, 11) is 0. The summed E-state index contributed by atoms with van der Waals surface area (Å²) in [5, 5.41) is 3.44. The number of anilines is 1. The van der Waals surface area contributed by atoms with Gasteiger partial charge in [0.05, 0.1) is 5.56 Å². The van der Waals surface area contributed by atoms with E-state index < -0.39 is 0 Å². The van der Waals surface area contributed by atoms with Crippen LogP contribution in [-0.4, -0.2) is 20.2 Å². The normalized spacial score (nSPS) is 10.1. The lowest BCUT2D eigenvalue weighted by atomic mass is 10.3. The third kappa shape index (κ3) is 2.53. The van der Waals surface area contributed by atoms with E-state index in [0.29, 0.717) is 21.7 Å². The van der Waals surface area contributed by atoms with Gasteiger partial charge in [-0.3, -0.25) is 10.1 Å². The van der Waals surface area contributed by atoms with Gasteiger partial charge in [-0.2, -0.15) is 4.37 Å². The molecule has 2 aromatic heterocycles. The van der Waals surface area contributed by atoms with Crippen LogP contribution in [0.1, 0.15) is 16.2 Å². The average Bonchev–Trinajstić information content (AvgIpc) is 2.65. The van der Waals surface area contributed by atoms with Crippen molar-refractivity contribution < 1.29 is 4.79 Å². The van der Waals surface area contributed by atoms with Crippen molar-refractivity contribution in [3.63, 3.8) is 0 Å². The average molecular weight is 255 g/mol. The quantitative estimate of drug-likeness (QED) is 0.834. The molecule has 0 saturated carbocycles. The smallest absolute Gasteiger partial charge is 0.259 e. The van der Waals surface area contributed by atoms with Crippen LogP contribution in [0.2, 0.25) is 5.15 Å². The summed E-state index contributed by atoms with van der Waals surface area (Å²) < 4.78 is 3.96. The molecule has 1 N–H and O–H groups in total. The topological polar surface area (TPSA) is 67.8 Å². The molecule has 0 saturated heterocycles. The molecule has 0 aliphatic carbocycles. The second-order valence-corrected chi connectivity index (χ2v) is 4.11. The van der Waals surface area contributed by atoms with Crippen LogP contribution in [0.3, 0.4) is 0 Å². The molecule has 2 heterocycles. The number of aryl methyl sites for hydroxylation is 1. The number of halogens is 1. The fraction of sp³-hybridized carbons (Fsp3) is 0.111. The standard InChI is InChI=1S/C9H7ClN4OS/c1-5-12-9(16-14-5)13-8(15)6-2-3-7(10)11-4-6/h2-4H,1H3,(H,12,13,14,15). The summed E-state index contributed by atoms with van der Waals surface area (Å²) in [6, 6.07) is 3.15. The Morgan fingerprint density at radius 2 is 2.31 bits per heavy atom. The first kappa shape index (κ1) is 11.0. The predicted octanol–water partition coefficient (Wildman–Crippen LogP) is 2.15. The zero-order chi connectivity index (χ0) is 11.5. The van der Waals surface area contributed by atoms with Gasteiger partial charge in [-0.25, -0.2) is 9.97 Å². The summed E-state index contributed by atoms with van der Waals surface area (Å²) in [5.74, 6) is 0.356. The van der Waals surface area contributed by atoms with Gasteiger partial charge in [-0.15, -0.1) is 0 Å². The van der Waals surface area contributed by atoms with Gasteiger partial charge < -0.3 is 0 Å². The van der Waals surface area contributed by atoms with Crippen LogP contribution >= 0.6 is 23.1 Å². The van der Waals surface area contributed by atoms with E-state index in [2.05, 4.69) is 19.7 Å². The first-order valence-electron chi connectivity index (χ1n) is 4.38. The van der Waals surface area contributed by atoms with E-state index in [9.17, 15) is 4.79 Å². The Morgan fingerprint density at radius 1 is 1.50 bits per heavy atom. The number of hydrogen-bond acceptors (Lipinski definition) is 5. The fourth-order valence-electron chi connectivity index (χ4n) is 1.03. The summed E-state index contributed by atoms with van der Waals surface area (Å²) in [4.78, 5) is 19.5. The van der Waals surface area contributed by atoms with Gasteiger partial charge in [0.2, 0.25) is 5.13 Å². The lowest BCUT2D eigenvalue weighted by Crippen LogP contribution is -2.11. The number of carbonyl (C=O) groups excluding carboxylic acids is 1. The molecule has 0 bridgehead atoms. The SMILES string of the molecule is Cc1nsc(NC(=O)c2ccc(Cl)nc2)n1. The third-order valence-electron chi connectivity index (χ3n) is 1.74. The van der Waals surface area contributed by atoms with Gasteiger partial charge in [0.25, 0.3) is 5.91 Å². The minimum Gasteiger partial charge on any atom is -0.297 e. The van der Waals surface area contributed by atoms with Gasteiger partial charge in [0, 0.05) is 17.7 Å². The van der Waals surface area contributed by atoms with Crippen molar-refractivity contribution in [3.05, 3.63) is 34.9 Å². The van der Waals surface area contributed by atoms with E-state index >= 15 is 0 Å². The second kappa shape index (κ2) is 4.54. The molecule has 7 heteroatoms. The molecule has 0 unspecified atom stereocenters. The Labute approximate surface area is 101 Å². The highest BCUT2D eigenvalue weighted by Gasteiger charge is 2.08. The largest absolute Gasteiger partial charge is 0.297 e. The number of rotatable bonds is 2. The molecule has 5 nitrogen and oxygen atoms in total. The first-order valence-corrected chi connectivity index (χ1v) is 5.53. The summed E-state index contributed by atoms with van der Waals surface area (Å²) in [6.45, 7) is 1.76. The summed E-state index contributed by atoms with van der Waals surface area (Å²) in [6.07, 6.45) is 1.41. The number of hydrogen-bond donors (Lipinski definition) is 1. The molecule has 0 aromatic carbocycles. The second-order valence-electron chi connectivity index (χ2n) is 2.97. The van der Waals surface area contributed by atoms with Crippen LogP contribution < -0.4 is 5.32 Å². The van der Waals surface area contributed by atoms with Crippen LogP contribution in [0.25, 0.3) is 0 Å². The minimum absolute atomic E-state index is 0.277. The molecule has 2 rings (SSSR count). The highest BCUT2D eigenvalue weighted by molar-refractivity contribution is 7.09. The van der Waals surface area contributed by atoms with Crippen LogP contribution in [0, 0.1) is 6.92 Å². The van der Waals surface area contributed by atoms with Crippen molar-refractivity contribution >= 4 is 34.2 Å². The number of aromatic nitrogens is 3. The highest BCUT2D eigenvalue weighted by atomic mass is 35.5. The number of nitrogens with zero attached hydrogens (tertiary/aromatic N) is 3. The van der Waals surface area contributed by atoms with Crippen molar-refractivity contribution in [3.8, 4) is 0 Å². The Bertz CT molecular complexity index is 510. The van der Waals surface area contributed by atoms with Gasteiger partial charge in [-0.1, -0.05) is 11.6 Å². The zero-order valence-corrected chi connectivity index (χ0v) is 9.84. The molecule has 0 spiro atoms. The molecule has 16 heavy (non-hydrogen) atoms. The van der Waals surface area contributed by atoms with Crippen LogP contribution in [0.15, 0.2) is 18.3 Å². The Balaban J connectivity index is 2.11. The van der Waals surface area contributed by atoms with E-state index in [1.165, 1.54) is 6.20 Å². The highest BCUT2D eigenvalue weighted by Crippen LogP contribution is 2.12. The van der Waals surface area contributed by atoms with E-state index in [-0.39, 0.29) is 5.91 Å². The minimum atomic E-state index is -0.277. The lowest BCUT2D eigenvalue weighted by Gasteiger charge is -1.99. The predicted molar refractivity (Wildman–Crippen MR) is 61.8 cm³/mol. The van der Waals surface area contributed by atoms with Crippen molar-refractivity contribution in [2.24, 2.45) is 0 Å². The fourth-order valence-corrected chi connectivity index (χ4v) is 1.71. The van der Waals surface area contributed by atoms with E-state index in [0.717, 1.165) is 11.5 Å². The van der Waals surface area contributed by atoms with Crippen molar-refractivity contribution in [1.29, 1.82) is 0 Å². The van der Waals surface area contributed by atoms with Crippen LogP contribution in [0.5, 0.6) is 0 Å². The molecule has 0 fully saturated rings. The maximum atomic E-state index is 11.7. The van der Waals surface area contributed by atoms with Crippen LogP contribution in [-0.2, 0) is 0 Å². The van der Waals surface area contributed by atoms with Gasteiger partial charge >= 0.3 is 0 Å². The van der Waals surface area contributed by atoms with E-state index in [1.54, 1.807) is 19.1 Å².